The first-order valence-corrected chi connectivity index (χ1v) is 7.87. The molecular weight excluding hydrogens is 265 g/mol. The van der Waals surface area contributed by atoms with Crippen LogP contribution in [0.15, 0.2) is 18.2 Å². The van der Waals surface area contributed by atoms with Crippen LogP contribution in [-0.2, 0) is 9.31 Å². The predicted molar refractivity (Wildman–Crippen MR) is 82.8 cm³/mol. The minimum atomic E-state index is -0.429. The summed E-state index contributed by atoms with van der Waals surface area (Å²) < 4.78 is 18.0. The Hall–Kier alpha value is -1.07. The number of pyridine rings is 1. The highest BCUT2D eigenvalue weighted by Crippen LogP contribution is 2.36. The molecule has 5 heteroatoms. The maximum absolute atomic E-state index is 6.03. The summed E-state index contributed by atoms with van der Waals surface area (Å²) in [6, 6.07) is 5.80. The highest BCUT2D eigenvalue weighted by molar-refractivity contribution is 6.61. The van der Waals surface area contributed by atoms with Crippen LogP contribution in [0, 0.1) is 0 Å². The maximum atomic E-state index is 6.03. The van der Waals surface area contributed by atoms with Gasteiger partial charge < -0.3 is 14.0 Å². The van der Waals surface area contributed by atoms with E-state index in [2.05, 4.69) is 4.98 Å². The summed E-state index contributed by atoms with van der Waals surface area (Å²) in [7, 11) is -0.429. The van der Waals surface area contributed by atoms with Crippen molar-refractivity contribution in [3.8, 4) is 5.88 Å². The molecule has 0 amide bonds. The van der Waals surface area contributed by atoms with Gasteiger partial charge in [-0.25, -0.2) is 4.98 Å². The Kier molecular flexibility index (Phi) is 3.74. The first-order chi connectivity index (χ1) is 9.87. The molecule has 114 valence electrons. The topological polar surface area (TPSA) is 40.6 Å². The van der Waals surface area contributed by atoms with Gasteiger partial charge in [-0.1, -0.05) is 6.07 Å². The molecule has 1 saturated carbocycles. The summed E-state index contributed by atoms with van der Waals surface area (Å²) in [5.41, 5.74) is 0.0905. The lowest BCUT2D eigenvalue weighted by molar-refractivity contribution is 0.00578. The molecule has 1 saturated heterocycles. The van der Waals surface area contributed by atoms with Gasteiger partial charge in [-0.2, -0.15) is 0 Å². The van der Waals surface area contributed by atoms with E-state index in [0.717, 1.165) is 18.4 Å². The van der Waals surface area contributed by atoms with Crippen LogP contribution in [0.5, 0.6) is 5.88 Å². The van der Waals surface area contributed by atoms with E-state index in [1.165, 1.54) is 12.8 Å². The van der Waals surface area contributed by atoms with E-state index in [-0.39, 0.29) is 11.2 Å². The lowest BCUT2D eigenvalue weighted by Gasteiger charge is -2.32. The molecule has 0 atom stereocenters. The summed E-state index contributed by atoms with van der Waals surface area (Å²) >= 11 is 0. The lowest BCUT2D eigenvalue weighted by Crippen LogP contribution is -2.41. The van der Waals surface area contributed by atoms with E-state index in [1.807, 2.05) is 45.9 Å². The molecule has 0 aromatic carbocycles. The fourth-order valence-electron chi connectivity index (χ4n) is 2.77. The van der Waals surface area contributed by atoms with Gasteiger partial charge >= 0.3 is 7.12 Å². The number of hydrogen-bond acceptors (Lipinski definition) is 4. The zero-order valence-corrected chi connectivity index (χ0v) is 13.4. The molecule has 2 fully saturated rings. The summed E-state index contributed by atoms with van der Waals surface area (Å²) in [6.07, 6.45) is 5.07. The smallest absolute Gasteiger partial charge is 0.474 e. The summed E-state index contributed by atoms with van der Waals surface area (Å²) in [6.45, 7) is 8.19. The maximum Gasteiger partial charge on any atom is 0.514 e. The van der Waals surface area contributed by atoms with Crippen LogP contribution in [0.3, 0.4) is 0 Å². The largest absolute Gasteiger partial charge is 0.514 e. The van der Waals surface area contributed by atoms with Gasteiger partial charge in [0.05, 0.1) is 16.8 Å². The van der Waals surface area contributed by atoms with Crippen molar-refractivity contribution in [1.29, 1.82) is 0 Å². The molecule has 2 aliphatic rings. The molecule has 2 heterocycles. The zero-order valence-electron chi connectivity index (χ0n) is 13.4. The minimum absolute atomic E-state index is 0.311. The van der Waals surface area contributed by atoms with Crippen molar-refractivity contribution in [1.82, 2.24) is 4.98 Å². The van der Waals surface area contributed by atoms with E-state index in [0.29, 0.717) is 12.0 Å². The molecule has 3 rings (SSSR count). The average molecular weight is 289 g/mol. The quantitative estimate of drug-likeness (QED) is 0.802. The standard InChI is InChI=1S/C16H24BNO3/c1-15(2)16(3,4)21-17(20-15)13-10-7-11-14(18-13)19-12-8-5-6-9-12/h7,10-12H,5-6,8-9H2,1-4H3. The molecule has 1 aliphatic carbocycles. The Morgan fingerprint density at radius 3 is 2.33 bits per heavy atom. The number of ether oxygens (including phenoxy) is 1. The molecule has 0 radical (unpaired) electrons. The van der Waals surface area contributed by atoms with Crippen molar-refractivity contribution < 1.29 is 14.0 Å². The van der Waals surface area contributed by atoms with Crippen LogP contribution in [0.2, 0.25) is 0 Å². The Balaban J connectivity index is 1.74. The first kappa shape index (κ1) is 14.9. The molecule has 0 bridgehead atoms. The van der Waals surface area contributed by atoms with Gasteiger partial charge in [0.1, 0.15) is 6.10 Å². The number of rotatable bonds is 3. The molecular formula is C16H24BNO3. The number of aromatic nitrogens is 1. The van der Waals surface area contributed by atoms with Gasteiger partial charge in [-0.05, 0) is 59.4 Å². The van der Waals surface area contributed by atoms with Crippen molar-refractivity contribution in [2.75, 3.05) is 0 Å². The fraction of sp³-hybridized carbons (Fsp3) is 0.688. The second-order valence-electron chi connectivity index (χ2n) is 7.01. The molecule has 1 aromatic heterocycles. The SMILES string of the molecule is CC1(C)OB(c2cccc(OC3CCCC3)n2)OC1(C)C. The van der Waals surface area contributed by atoms with Crippen molar-refractivity contribution in [2.24, 2.45) is 0 Å². The van der Waals surface area contributed by atoms with Gasteiger partial charge in [-0.15, -0.1) is 0 Å². The normalized spacial score (nSPS) is 24.5. The van der Waals surface area contributed by atoms with Gasteiger partial charge in [0.2, 0.25) is 5.88 Å². The summed E-state index contributed by atoms with van der Waals surface area (Å²) in [5.74, 6) is 0.675. The molecule has 0 spiro atoms. The molecule has 1 aliphatic heterocycles. The van der Waals surface area contributed by atoms with Crippen LogP contribution in [0.25, 0.3) is 0 Å². The Morgan fingerprint density at radius 2 is 1.71 bits per heavy atom. The third-order valence-corrected chi connectivity index (χ3v) is 4.83. The van der Waals surface area contributed by atoms with Crippen molar-refractivity contribution in [2.45, 2.75) is 70.7 Å². The van der Waals surface area contributed by atoms with E-state index in [4.69, 9.17) is 14.0 Å². The Bertz CT molecular complexity index is 496. The number of nitrogens with zero attached hydrogens (tertiary/aromatic N) is 1. The molecule has 4 nitrogen and oxygen atoms in total. The third-order valence-electron chi connectivity index (χ3n) is 4.83. The second kappa shape index (κ2) is 5.29. The Morgan fingerprint density at radius 1 is 1.10 bits per heavy atom. The molecule has 1 aromatic rings. The zero-order chi connectivity index (χ0) is 15.1. The molecule has 21 heavy (non-hydrogen) atoms. The number of hydrogen-bond donors (Lipinski definition) is 0. The monoisotopic (exact) mass is 289 g/mol. The van der Waals surface area contributed by atoms with E-state index < -0.39 is 7.12 Å². The van der Waals surface area contributed by atoms with Crippen LogP contribution < -0.4 is 10.3 Å². The van der Waals surface area contributed by atoms with Crippen molar-refractivity contribution in [3.63, 3.8) is 0 Å². The first-order valence-electron chi connectivity index (χ1n) is 7.87. The van der Waals surface area contributed by atoms with Gasteiger partial charge in [-0.3, -0.25) is 0 Å². The lowest BCUT2D eigenvalue weighted by atomic mass is 9.84. The average Bonchev–Trinajstić information content (AvgIpc) is 2.97. The van der Waals surface area contributed by atoms with E-state index >= 15 is 0 Å². The summed E-state index contributed by atoms with van der Waals surface area (Å²) in [5, 5.41) is 0. The predicted octanol–water partition coefficient (Wildman–Crippen LogP) is 2.70. The highest BCUT2D eigenvalue weighted by Gasteiger charge is 2.52. The summed E-state index contributed by atoms with van der Waals surface area (Å²) in [4.78, 5) is 4.58. The van der Waals surface area contributed by atoms with E-state index in [9.17, 15) is 0 Å². The molecule has 0 N–H and O–H groups in total. The fourth-order valence-corrected chi connectivity index (χ4v) is 2.77. The van der Waals surface area contributed by atoms with Gasteiger partial charge in [0.25, 0.3) is 0 Å². The van der Waals surface area contributed by atoms with Crippen molar-refractivity contribution >= 4 is 12.7 Å². The molecule has 0 unspecified atom stereocenters. The Labute approximate surface area is 127 Å². The van der Waals surface area contributed by atoms with Gasteiger partial charge in [0, 0.05) is 6.07 Å². The van der Waals surface area contributed by atoms with Crippen LogP contribution in [0.1, 0.15) is 53.4 Å². The van der Waals surface area contributed by atoms with Crippen LogP contribution in [0.4, 0.5) is 0 Å². The van der Waals surface area contributed by atoms with Crippen LogP contribution in [-0.4, -0.2) is 29.4 Å². The van der Waals surface area contributed by atoms with Crippen molar-refractivity contribution in [3.05, 3.63) is 18.2 Å². The third kappa shape index (κ3) is 2.95. The van der Waals surface area contributed by atoms with Crippen LogP contribution >= 0.6 is 0 Å². The second-order valence-corrected chi connectivity index (χ2v) is 7.01. The minimum Gasteiger partial charge on any atom is -0.474 e. The van der Waals surface area contributed by atoms with E-state index in [1.54, 1.807) is 0 Å². The van der Waals surface area contributed by atoms with Gasteiger partial charge in [0.15, 0.2) is 0 Å². The highest BCUT2D eigenvalue weighted by atomic mass is 16.7.